The van der Waals surface area contributed by atoms with Gasteiger partial charge in [-0.25, -0.2) is 4.39 Å². The summed E-state index contributed by atoms with van der Waals surface area (Å²) in [4.78, 5) is 0. The standard InChI is InChI=1S/C15H13BrClF/c16-10-12(14-3-1-2-4-15(14)18)9-11-5-7-13(17)8-6-11/h1-8,12H,9-10H2. The van der Waals surface area contributed by atoms with E-state index in [0.29, 0.717) is 0 Å². The zero-order chi connectivity index (χ0) is 13.0. The first kappa shape index (κ1) is 13.6. The topological polar surface area (TPSA) is 0 Å². The third-order valence-corrected chi connectivity index (χ3v) is 3.96. The number of rotatable bonds is 4. The van der Waals surface area contributed by atoms with Gasteiger partial charge in [-0.2, -0.15) is 0 Å². The van der Waals surface area contributed by atoms with Crippen LogP contribution >= 0.6 is 27.5 Å². The Morgan fingerprint density at radius 1 is 1.06 bits per heavy atom. The summed E-state index contributed by atoms with van der Waals surface area (Å²) in [6, 6.07) is 14.6. The second-order valence-electron chi connectivity index (χ2n) is 4.20. The van der Waals surface area contributed by atoms with E-state index in [4.69, 9.17) is 11.6 Å². The molecule has 0 saturated carbocycles. The number of hydrogen-bond acceptors (Lipinski definition) is 0. The molecular formula is C15H13BrClF. The molecule has 1 unspecified atom stereocenters. The fourth-order valence-electron chi connectivity index (χ4n) is 1.96. The van der Waals surface area contributed by atoms with Gasteiger partial charge in [-0.05, 0) is 35.7 Å². The summed E-state index contributed by atoms with van der Waals surface area (Å²) in [5.74, 6) is -0.0108. The van der Waals surface area contributed by atoms with Crippen molar-refractivity contribution < 1.29 is 4.39 Å². The number of alkyl halides is 1. The maximum absolute atomic E-state index is 13.8. The van der Waals surface area contributed by atoms with Gasteiger partial charge in [-0.15, -0.1) is 0 Å². The monoisotopic (exact) mass is 326 g/mol. The molecule has 18 heavy (non-hydrogen) atoms. The lowest BCUT2D eigenvalue weighted by atomic mass is 9.93. The Kier molecular flexibility index (Phi) is 4.79. The van der Waals surface area contributed by atoms with Crippen molar-refractivity contribution in [3.8, 4) is 0 Å². The molecule has 0 bridgehead atoms. The Balaban J connectivity index is 2.20. The predicted octanol–water partition coefficient (Wildman–Crippen LogP) is 5.20. The van der Waals surface area contributed by atoms with Gasteiger partial charge >= 0.3 is 0 Å². The van der Waals surface area contributed by atoms with Crippen LogP contribution in [0.1, 0.15) is 17.0 Å². The van der Waals surface area contributed by atoms with Gasteiger partial charge in [0.15, 0.2) is 0 Å². The minimum Gasteiger partial charge on any atom is -0.207 e. The fourth-order valence-corrected chi connectivity index (χ4v) is 2.66. The molecule has 0 aliphatic carbocycles. The molecular weight excluding hydrogens is 315 g/mol. The first-order chi connectivity index (χ1) is 8.70. The highest BCUT2D eigenvalue weighted by molar-refractivity contribution is 9.09. The van der Waals surface area contributed by atoms with Crippen LogP contribution in [0.25, 0.3) is 0 Å². The molecule has 0 saturated heterocycles. The number of hydrogen-bond donors (Lipinski definition) is 0. The molecule has 0 aromatic heterocycles. The molecule has 3 heteroatoms. The van der Waals surface area contributed by atoms with E-state index < -0.39 is 0 Å². The minimum atomic E-state index is -0.143. The largest absolute Gasteiger partial charge is 0.207 e. The lowest BCUT2D eigenvalue weighted by molar-refractivity contribution is 0.590. The third-order valence-electron chi connectivity index (χ3n) is 2.93. The number of halogens is 3. The van der Waals surface area contributed by atoms with Crippen molar-refractivity contribution in [3.05, 3.63) is 70.5 Å². The van der Waals surface area contributed by atoms with Gasteiger partial charge in [-0.1, -0.05) is 57.9 Å². The summed E-state index contributed by atoms with van der Waals surface area (Å²) >= 11 is 9.32. The Bertz CT molecular complexity index is 510. The molecule has 2 rings (SSSR count). The Morgan fingerprint density at radius 3 is 2.33 bits per heavy atom. The van der Waals surface area contributed by atoms with Crippen LogP contribution in [0.5, 0.6) is 0 Å². The average molecular weight is 328 g/mol. The smallest absolute Gasteiger partial charge is 0.126 e. The van der Waals surface area contributed by atoms with Gasteiger partial charge in [0.1, 0.15) is 5.82 Å². The number of benzene rings is 2. The average Bonchev–Trinajstić information content (AvgIpc) is 2.39. The second kappa shape index (κ2) is 6.35. The van der Waals surface area contributed by atoms with Crippen molar-refractivity contribution in [2.75, 3.05) is 5.33 Å². The van der Waals surface area contributed by atoms with Crippen molar-refractivity contribution in [1.82, 2.24) is 0 Å². The molecule has 0 spiro atoms. The van der Waals surface area contributed by atoms with Crippen molar-refractivity contribution in [3.63, 3.8) is 0 Å². The van der Waals surface area contributed by atoms with Gasteiger partial charge in [0.05, 0.1) is 0 Å². The highest BCUT2D eigenvalue weighted by Gasteiger charge is 2.14. The minimum absolute atomic E-state index is 0.132. The van der Waals surface area contributed by atoms with Crippen LogP contribution in [0.2, 0.25) is 5.02 Å². The quantitative estimate of drug-likeness (QED) is 0.677. The molecule has 0 amide bonds. The molecule has 0 aliphatic heterocycles. The summed E-state index contributed by atoms with van der Waals surface area (Å²) in [5.41, 5.74) is 1.91. The first-order valence-corrected chi connectivity index (χ1v) is 7.25. The molecule has 1 atom stereocenters. The van der Waals surface area contributed by atoms with E-state index in [1.165, 1.54) is 6.07 Å². The van der Waals surface area contributed by atoms with Crippen LogP contribution in [0, 0.1) is 5.82 Å². The summed E-state index contributed by atoms with van der Waals surface area (Å²) in [6.07, 6.45) is 0.795. The van der Waals surface area contributed by atoms with E-state index in [-0.39, 0.29) is 11.7 Å². The van der Waals surface area contributed by atoms with E-state index >= 15 is 0 Å². The normalized spacial score (nSPS) is 12.4. The van der Waals surface area contributed by atoms with E-state index in [1.807, 2.05) is 36.4 Å². The van der Waals surface area contributed by atoms with Crippen molar-refractivity contribution in [2.24, 2.45) is 0 Å². The summed E-state index contributed by atoms with van der Waals surface area (Å²) in [6.45, 7) is 0. The van der Waals surface area contributed by atoms with Crippen molar-refractivity contribution >= 4 is 27.5 Å². The highest BCUT2D eigenvalue weighted by atomic mass is 79.9. The molecule has 0 aliphatic rings. The van der Waals surface area contributed by atoms with Crippen LogP contribution < -0.4 is 0 Å². The Labute approximate surface area is 120 Å². The van der Waals surface area contributed by atoms with Crippen LogP contribution in [0.3, 0.4) is 0 Å². The zero-order valence-corrected chi connectivity index (χ0v) is 12.1. The molecule has 2 aromatic rings. The lowest BCUT2D eigenvalue weighted by Gasteiger charge is -2.15. The summed E-state index contributed by atoms with van der Waals surface area (Å²) in [5, 5.41) is 1.45. The van der Waals surface area contributed by atoms with Gasteiger partial charge in [-0.3, -0.25) is 0 Å². The van der Waals surface area contributed by atoms with Crippen molar-refractivity contribution in [2.45, 2.75) is 12.3 Å². The molecule has 0 radical (unpaired) electrons. The highest BCUT2D eigenvalue weighted by Crippen LogP contribution is 2.25. The first-order valence-electron chi connectivity index (χ1n) is 5.75. The summed E-state index contributed by atoms with van der Waals surface area (Å²) < 4.78 is 13.8. The van der Waals surface area contributed by atoms with Crippen LogP contribution in [0.15, 0.2) is 48.5 Å². The second-order valence-corrected chi connectivity index (χ2v) is 5.29. The maximum Gasteiger partial charge on any atom is 0.126 e. The van der Waals surface area contributed by atoms with Crippen LogP contribution in [0.4, 0.5) is 4.39 Å². The van der Waals surface area contributed by atoms with Gasteiger partial charge in [0, 0.05) is 16.3 Å². The van der Waals surface area contributed by atoms with Crippen molar-refractivity contribution in [1.29, 1.82) is 0 Å². The van der Waals surface area contributed by atoms with E-state index in [0.717, 1.165) is 27.9 Å². The predicted molar refractivity (Wildman–Crippen MR) is 78.1 cm³/mol. The lowest BCUT2D eigenvalue weighted by Crippen LogP contribution is -2.06. The molecule has 0 fully saturated rings. The van der Waals surface area contributed by atoms with Crippen LogP contribution in [-0.4, -0.2) is 5.33 Å². The SMILES string of the molecule is Fc1ccccc1C(CBr)Cc1ccc(Cl)cc1. The fraction of sp³-hybridized carbons (Fsp3) is 0.200. The zero-order valence-electron chi connectivity index (χ0n) is 9.74. The molecule has 0 N–H and O–H groups in total. The van der Waals surface area contributed by atoms with Gasteiger partial charge < -0.3 is 0 Å². The van der Waals surface area contributed by atoms with E-state index in [2.05, 4.69) is 15.9 Å². The molecule has 94 valence electrons. The Morgan fingerprint density at radius 2 is 1.72 bits per heavy atom. The van der Waals surface area contributed by atoms with E-state index in [9.17, 15) is 4.39 Å². The molecule has 2 aromatic carbocycles. The Hall–Kier alpha value is -0.860. The van der Waals surface area contributed by atoms with Gasteiger partial charge in [0.25, 0.3) is 0 Å². The maximum atomic E-state index is 13.8. The van der Waals surface area contributed by atoms with Crippen LogP contribution in [-0.2, 0) is 6.42 Å². The molecule has 0 heterocycles. The van der Waals surface area contributed by atoms with Gasteiger partial charge in [0.2, 0.25) is 0 Å². The molecule has 0 nitrogen and oxygen atoms in total. The third kappa shape index (κ3) is 3.33. The van der Waals surface area contributed by atoms with E-state index in [1.54, 1.807) is 6.07 Å². The summed E-state index contributed by atoms with van der Waals surface area (Å²) in [7, 11) is 0.